The van der Waals surface area contributed by atoms with Gasteiger partial charge < -0.3 is 10.2 Å². The number of para-hydroxylation sites is 1. The van der Waals surface area contributed by atoms with Crippen LogP contribution in [0.5, 0.6) is 0 Å². The van der Waals surface area contributed by atoms with Gasteiger partial charge >= 0.3 is 0 Å². The molecule has 0 aliphatic heterocycles. The Bertz CT molecular complexity index is 671. The Morgan fingerprint density at radius 3 is 2.55 bits per heavy atom. The van der Waals surface area contributed by atoms with Gasteiger partial charge in [0.05, 0.1) is 10.7 Å². The predicted molar refractivity (Wildman–Crippen MR) is 89.7 cm³/mol. The van der Waals surface area contributed by atoms with E-state index in [1.807, 2.05) is 26.0 Å². The SMILES string of the molecule is CCN(CC)c1cc(C(=O)Nc2ccccc2Cl)nc(C)n1. The molecule has 0 aliphatic carbocycles. The van der Waals surface area contributed by atoms with Gasteiger partial charge in [0.1, 0.15) is 17.3 Å². The molecule has 0 radical (unpaired) electrons. The Balaban J connectivity index is 2.28. The molecule has 22 heavy (non-hydrogen) atoms. The van der Waals surface area contributed by atoms with Crippen molar-refractivity contribution in [3.05, 3.63) is 46.9 Å². The molecule has 2 rings (SSSR count). The van der Waals surface area contributed by atoms with Crippen molar-refractivity contribution in [1.82, 2.24) is 9.97 Å². The summed E-state index contributed by atoms with van der Waals surface area (Å²) in [6, 6.07) is 8.80. The Morgan fingerprint density at radius 1 is 1.23 bits per heavy atom. The van der Waals surface area contributed by atoms with E-state index >= 15 is 0 Å². The van der Waals surface area contributed by atoms with E-state index in [4.69, 9.17) is 11.6 Å². The number of hydrogen-bond donors (Lipinski definition) is 1. The number of carbonyl (C=O) groups excluding carboxylic acids is 1. The van der Waals surface area contributed by atoms with E-state index in [1.54, 1.807) is 25.1 Å². The van der Waals surface area contributed by atoms with Crippen LogP contribution in [-0.2, 0) is 0 Å². The molecule has 6 heteroatoms. The second-order valence-corrected chi connectivity index (χ2v) is 5.17. The van der Waals surface area contributed by atoms with Crippen LogP contribution in [0.4, 0.5) is 11.5 Å². The van der Waals surface area contributed by atoms with Crippen molar-refractivity contribution in [2.75, 3.05) is 23.3 Å². The summed E-state index contributed by atoms with van der Waals surface area (Å²) in [5.74, 6) is 1.02. The maximum absolute atomic E-state index is 12.4. The van der Waals surface area contributed by atoms with E-state index in [-0.39, 0.29) is 5.91 Å². The van der Waals surface area contributed by atoms with Crippen molar-refractivity contribution in [2.24, 2.45) is 0 Å². The third-order valence-electron chi connectivity index (χ3n) is 3.27. The lowest BCUT2D eigenvalue weighted by molar-refractivity contribution is 0.102. The predicted octanol–water partition coefficient (Wildman–Crippen LogP) is 3.54. The summed E-state index contributed by atoms with van der Waals surface area (Å²) < 4.78 is 0. The van der Waals surface area contributed by atoms with E-state index in [1.165, 1.54) is 0 Å². The molecule has 0 aliphatic rings. The number of aryl methyl sites for hydroxylation is 1. The van der Waals surface area contributed by atoms with Crippen molar-refractivity contribution in [3.63, 3.8) is 0 Å². The minimum Gasteiger partial charge on any atom is -0.357 e. The van der Waals surface area contributed by atoms with Gasteiger partial charge in [-0.3, -0.25) is 4.79 Å². The van der Waals surface area contributed by atoms with Gasteiger partial charge in [-0.1, -0.05) is 23.7 Å². The Hall–Kier alpha value is -2.14. The van der Waals surface area contributed by atoms with Gasteiger partial charge in [-0.2, -0.15) is 0 Å². The van der Waals surface area contributed by atoms with Crippen LogP contribution in [0, 0.1) is 6.92 Å². The zero-order valence-corrected chi connectivity index (χ0v) is 13.7. The van der Waals surface area contributed by atoms with Crippen molar-refractivity contribution in [2.45, 2.75) is 20.8 Å². The number of benzene rings is 1. The van der Waals surface area contributed by atoms with Gasteiger partial charge in [0, 0.05) is 19.2 Å². The van der Waals surface area contributed by atoms with E-state index in [0.29, 0.717) is 22.2 Å². The second-order valence-electron chi connectivity index (χ2n) is 4.76. The molecule has 1 aromatic carbocycles. The quantitative estimate of drug-likeness (QED) is 0.916. The molecule has 0 saturated heterocycles. The third-order valence-corrected chi connectivity index (χ3v) is 3.60. The number of amides is 1. The summed E-state index contributed by atoms with van der Waals surface area (Å²) >= 11 is 6.06. The van der Waals surface area contributed by atoms with Crippen LogP contribution < -0.4 is 10.2 Å². The molecule has 0 spiro atoms. The second kappa shape index (κ2) is 7.22. The fourth-order valence-electron chi connectivity index (χ4n) is 2.13. The van der Waals surface area contributed by atoms with Crippen LogP contribution in [0.15, 0.2) is 30.3 Å². The maximum Gasteiger partial charge on any atom is 0.274 e. The normalized spacial score (nSPS) is 10.4. The summed E-state index contributed by atoms with van der Waals surface area (Å²) in [6.45, 7) is 7.51. The molecule has 0 saturated carbocycles. The highest BCUT2D eigenvalue weighted by molar-refractivity contribution is 6.33. The monoisotopic (exact) mass is 318 g/mol. The van der Waals surface area contributed by atoms with Crippen molar-refractivity contribution < 1.29 is 4.79 Å². The van der Waals surface area contributed by atoms with Gasteiger partial charge in [-0.15, -0.1) is 0 Å². The van der Waals surface area contributed by atoms with Gasteiger partial charge in [0.15, 0.2) is 0 Å². The zero-order valence-electron chi connectivity index (χ0n) is 12.9. The summed E-state index contributed by atoms with van der Waals surface area (Å²) in [5.41, 5.74) is 0.893. The molecule has 0 unspecified atom stereocenters. The van der Waals surface area contributed by atoms with Gasteiger partial charge in [-0.25, -0.2) is 9.97 Å². The molecule has 1 amide bonds. The van der Waals surface area contributed by atoms with Crippen LogP contribution in [0.25, 0.3) is 0 Å². The molecule has 1 aromatic heterocycles. The molecular weight excluding hydrogens is 300 g/mol. The average Bonchev–Trinajstić information content (AvgIpc) is 2.50. The highest BCUT2D eigenvalue weighted by Gasteiger charge is 2.14. The molecule has 0 atom stereocenters. The first-order valence-electron chi connectivity index (χ1n) is 7.21. The van der Waals surface area contributed by atoms with Crippen LogP contribution in [-0.4, -0.2) is 29.0 Å². The molecule has 5 nitrogen and oxygen atoms in total. The molecular formula is C16H19ClN4O. The fourth-order valence-corrected chi connectivity index (χ4v) is 2.31. The smallest absolute Gasteiger partial charge is 0.274 e. The number of hydrogen-bond acceptors (Lipinski definition) is 4. The van der Waals surface area contributed by atoms with E-state index in [2.05, 4.69) is 20.2 Å². The van der Waals surface area contributed by atoms with E-state index in [9.17, 15) is 4.79 Å². The number of anilines is 2. The molecule has 1 heterocycles. The molecule has 2 aromatic rings. The Labute approximate surface area is 135 Å². The van der Waals surface area contributed by atoms with Crippen LogP contribution in [0.3, 0.4) is 0 Å². The number of rotatable bonds is 5. The first-order valence-corrected chi connectivity index (χ1v) is 7.59. The topological polar surface area (TPSA) is 58.1 Å². The van der Waals surface area contributed by atoms with E-state index < -0.39 is 0 Å². The van der Waals surface area contributed by atoms with Crippen LogP contribution in [0.1, 0.15) is 30.2 Å². The first-order chi connectivity index (χ1) is 10.5. The number of carbonyl (C=O) groups is 1. The van der Waals surface area contributed by atoms with Crippen LogP contribution >= 0.6 is 11.6 Å². The number of aromatic nitrogens is 2. The average molecular weight is 319 g/mol. The summed E-state index contributed by atoms with van der Waals surface area (Å²) in [4.78, 5) is 23.1. The van der Waals surface area contributed by atoms with Gasteiger partial charge in [-0.05, 0) is 32.9 Å². The molecule has 0 bridgehead atoms. The zero-order chi connectivity index (χ0) is 16.1. The molecule has 0 fully saturated rings. The van der Waals surface area contributed by atoms with Crippen molar-refractivity contribution in [3.8, 4) is 0 Å². The maximum atomic E-state index is 12.4. The number of halogens is 1. The highest BCUT2D eigenvalue weighted by Crippen LogP contribution is 2.21. The molecule has 1 N–H and O–H groups in total. The number of nitrogens with one attached hydrogen (secondary N) is 1. The van der Waals surface area contributed by atoms with Crippen molar-refractivity contribution in [1.29, 1.82) is 0 Å². The Morgan fingerprint density at radius 2 is 1.91 bits per heavy atom. The lowest BCUT2D eigenvalue weighted by Gasteiger charge is -2.20. The summed E-state index contributed by atoms with van der Waals surface area (Å²) in [7, 11) is 0. The summed E-state index contributed by atoms with van der Waals surface area (Å²) in [6.07, 6.45) is 0. The molecule has 116 valence electrons. The third kappa shape index (κ3) is 3.74. The van der Waals surface area contributed by atoms with Gasteiger partial charge in [0.2, 0.25) is 0 Å². The highest BCUT2D eigenvalue weighted by atomic mass is 35.5. The minimum absolute atomic E-state index is 0.299. The van der Waals surface area contributed by atoms with Gasteiger partial charge in [0.25, 0.3) is 5.91 Å². The fraction of sp³-hybridized carbons (Fsp3) is 0.312. The Kier molecular flexibility index (Phi) is 5.33. The minimum atomic E-state index is -0.299. The van der Waals surface area contributed by atoms with E-state index in [0.717, 1.165) is 18.9 Å². The lowest BCUT2D eigenvalue weighted by Crippen LogP contribution is -2.24. The first kappa shape index (κ1) is 16.2. The van der Waals surface area contributed by atoms with Crippen LogP contribution in [0.2, 0.25) is 5.02 Å². The largest absolute Gasteiger partial charge is 0.357 e. The van der Waals surface area contributed by atoms with Crippen molar-refractivity contribution >= 4 is 29.0 Å². The summed E-state index contributed by atoms with van der Waals surface area (Å²) in [5, 5.41) is 3.27. The standard InChI is InChI=1S/C16H19ClN4O/c1-4-21(5-2)15-10-14(18-11(3)19-15)16(22)20-13-9-7-6-8-12(13)17/h6-10H,4-5H2,1-3H3,(H,20,22). The number of nitrogens with zero attached hydrogens (tertiary/aromatic N) is 3. The lowest BCUT2D eigenvalue weighted by atomic mass is 10.3.